The largest absolute Gasteiger partial charge is 0.379 e. The molecule has 110 valence electrons. The van der Waals surface area contributed by atoms with E-state index in [1.807, 2.05) is 20.9 Å². The van der Waals surface area contributed by atoms with Gasteiger partial charge in [-0.3, -0.25) is 4.68 Å². The van der Waals surface area contributed by atoms with Crippen LogP contribution in [0.15, 0.2) is 6.20 Å². The lowest BCUT2D eigenvalue weighted by Gasteiger charge is -2.12. The second-order valence-corrected chi connectivity index (χ2v) is 4.42. The number of aromatic nitrogens is 4. The van der Waals surface area contributed by atoms with Crippen molar-refractivity contribution in [2.45, 2.75) is 26.6 Å². The number of hydrazine groups is 1. The molecule has 0 aromatic carbocycles. The van der Waals surface area contributed by atoms with E-state index in [4.69, 9.17) is 15.3 Å². The summed E-state index contributed by atoms with van der Waals surface area (Å²) < 4.78 is 12.6. The molecule has 0 aliphatic rings. The Morgan fingerprint density at radius 2 is 2.25 bits per heavy atom. The minimum atomic E-state index is -0.0185. The number of anilines is 1. The number of hydrogen-bond acceptors (Lipinski definition) is 7. The number of rotatable bonds is 7. The van der Waals surface area contributed by atoms with Crippen LogP contribution in [0.5, 0.6) is 0 Å². The zero-order valence-electron chi connectivity index (χ0n) is 12.0. The monoisotopic (exact) mass is 280 g/mol. The number of aryl methyl sites for hydroxylation is 1. The fourth-order valence-corrected chi connectivity index (χ4v) is 1.79. The third-order valence-electron chi connectivity index (χ3n) is 2.83. The molecule has 2 aromatic heterocycles. The van der Waals surface area contributed by atoms with E-state index in [0.29, 0.717) is 37.1 Å². The SMILES string of the molecule is CCOCC(C)OCc1nc(NN)c2cnn(C)c2n1. The Bertz CT molecular complexity index is 570. The van der Waals surface area contributed by atoms with Gasteiger partial charge in [-0.1, -0.05) is 0 Å². The summed E-state index contributed by atoms with van der Waals surface area (Å²) in [5.41, 5.74) is 3.27. The number of nitrogens with one attached hydrogen (secondary N) is 1. The van der Waals surface area contributed by atoms with Gasteiger partial charge in [0.05, 0.1) is 24.3 Å². The fraction of sp³-hybridized carbons (Fsp3) is 0.583. The number of nitrogens with two attached hydrogens (primary N) is 1. The molecule has 2 aromatic rings. The Morgan fingerprint density at radius 1 is 1.45 bits per heavy atom. The van der Waals surface area contributed by atoms with E-state index in [0.717, 1.165) is 5.39 Å². The van der Waals surface area contributed by atoms with Gasteiger partial charge in [0.2, 0.25) is 0 Å². The van der Waals surface area contributed by atoms with Crippen LogP contribution in [0.2, 0.25) is 0 Å². The zero-order chi connectivity index (χ0) is 14.5. The highest BCUT2D eigenvalue weighted by Crippen LogP contribution is 2.18. The minimum absolute atomic E-state index is 0.0185. The van der Waals surface area contributed by atoms with Gasteiger partial charge in [-0.15, -0.1) is 0 Å². The van der Waals surface area contributed by atoms with Crippen LogP contribution in [0.4, 0.5) is 5.82 Å². The first-order chi connectivity index (χ1) is 9.65. The van der Waals surface area contributed by atoms with Gasteiger partial charge in [0.25, 0.3) is 0 Å². The van der Waals surface area contributed by atoms with Gasteiger partial charge in [-0.05, 0) is 13.8 Å². The van der Waals surface area contributed by atoms with Crippen molar-refractivity contribution in [1.82, 2.24) is 19.7 Å². The number of ether oxygens (including phenoxy) is 2. The maximum atomic E-state index is 5.65. The summed E-state index contributed by atoms with van der Waals surface area (Å²) in [6.45, 7) is 5.41. The van der Waals surface area contributed by atoms with Crippen LogP contribution in [-0.2, 0) is 23.1 Å². The number of hydrogen-bond donors (Lipinski definition) is 2. The highest BCUT2D eigenvalue weighted by Gasteiger charge is 2.12. The molecular formula is C12H20N6O2. The number of fused-ring (bicyclic) bond motifs is 1. The maximum Gasteiger partial charge on any atom is 0.163 e. The average Bonchev–Trinajstić information content (AvgIpc) is 2.83. The van der Waals surface area contributed by atoms with E-state index < -0.39 is 0 Å². The molecule has 2 rings (SSSR count). The predicted octanol–water partition coefficient (Wildman–Crippen LogP) is 0.590. The van der Waals surface area contributed by atoms with Crippen molar-refractivity contribution in [2.24, 2.45) is 12.9 Å². The van der Waals surface area contributed by atoms with Crippen molar-refractivity contribution < 1.29 is 9.47 Å². The van der Waals surface area contributed by atoms with E-state index in [1.54, 1.807) is 10.9 Å². The Kier molecular flexibility index (Phi) is 4.83. The molecule has 0 aliphatic carbocycles. The van der Waals surface area contributed by atoms with Gasteiger partial charge >= 0.3 is 0 Å². The highest BCUT2D eigenvalue weighted by atomic mass is 16.5. The molecule has 0 saturated carbocycles. The van der Waals surface area contributed by atoms with Crippen molar-refractivity contribution >= 4 is 16.9 Å². The van der Waals surface area contributed by atoms with Crippen LogP contribution in [-0.4, -0.2) is 39.1 Å². The number of nitrogens with zero attached hydrogens (tertiary/aromatic N) is 4. The Labute approximate surface area is 117 Å². The molecule has 8 nitrogen and oxygen atoms in total. The van der Waals surface area contributed by atoms with E-state index in [2.05, 4.69) is 20.5 Å². The Morgan fingerprint density at radius 3 is 2.95 bits per heavy atom. The molecular weight excluding hydrogens is 260 g/mol. The lowest BCUT2D eigenvalue weighted by molar-refractivity contribution is -0.0138. The summed E-state index contributed by atoms with van der Waals surface area (Å²) in [7, 11) is 1.82. The van der Waals surface area contributed by atoms with Gasteiger partial charge in [-0.2, -0.15) is 5.10 Å². The molecule has 0 amide bonds. The van der Waals surface area contributed by atoms with Crippen LogP contribution < -0.4 is 11.3 Å². The maximum absolute atomic E-state index is 5.65. The molecule has 0 radical (unpaired) electrons. The molecule has 1 unspecified atom stereocenters. The molecule has 0 fully saturated rings. The second kappa shape index (κ2) is 6.60. The fourth-order valence-electron chi connectivity index (χ4n) is 1.79. The topological polar surface area (TPSA) is 100 Å². The third kappa shape index (κ3) is 3.21. The Balaban J connectivity index is 2.12. The Hall–Kier alpha value is -1.77. The van der Waals surface area contributed by atoms with E-state index >= 15 is 0 Å². The van der Waals surface area contributed by atoms with Crippen LogP contribution in [0, 0.1) is 0 Å². The quantitative estimate of drug-likeness (QED) is 0.565. The van der Waals surface area contributed by atoms with Crippen molar-refractivity contribution in [3.63, 3.8) is 0 Å². The molecule has 2 heterocycles. The van der Waals surface area contributed by atoms with Gasteiger partial charge in [0.1, 0.15) is 6.61 Å². The van der Waals surface area contributed by atoms with Crippen LogP contribution >= 0.6 is 0 Å². The van der Waals surface area contributed by atoms with E-state index in [9.17, 15) is 0 Å². The summed E-state index contributed by atoms with van der Waals surface area (Å²) in [6.07, 6.45) is 1.66. The summed E-state index contributed by atoms with van der Waals surface area (Å²) in [5, 5.41) is 4.92. The van der Waals surface area contributed by atoms with Crippen LogP contribution in [0.1, 0.15) is 19.7 Å². The first-order valence-electron chi connectivity index (χ1n) is 6.50. The van der Waals surface area contributed by atoms with E-state index in [1.165, 1.54) is 0 Å². The minimum Gasteiger partial charge on any atom is -0.379 e. The first kappa shape index (κ1) is 14.6. The summed E-state index contributed by atoms with van der Waals surface area (Å²) in [5.74, 6) is 6.57. The molecule has 3 N–H and O–H groups in total. The molecule has 1 atom stereocenters. The third-order valence-corrected chi connectivity index (χ3v) is 2.83. The predicted molar refractivity (Wildman–Crippen MR) is 74.9 cm³/mol. The lowest BCUT2D eigenvalue weighted by Crippen LogP contribution is -2.17. The zero-order valence-corrected chi connectivity index (χ0v) is 12.0. The van der Waals surface area contributed by atoms with Crippen molar-refractivity contribution in [1.29, 1.82) is 0 Å². The van der Waals surface area contributed by atoms with Crippen molar-refractivity contribution in [2.75, 3.05) is 18.6 Å². The molecule has 20 heavy (non-hydrogen) atoms. The first-order valence-corrected chi connectivity index (χ1v) is 6.50. The van der Waals surface area contributed by atoms with Gasteiger partial charge in [-0.25, -0.2) is 15.8 Å². The van der Waals surface area contributed by atoms with E-state index in [-0.39, 0.29) is 6.10 Å². The number of nitrogen functional groups attached to an aromatic ring is 1. The molecule has 0 spiro atoms. The van der Waals surface area contributed by atoms with Crippen LogP contribution in [0.25, 0.3) is 11.0 Å². The van der Waals surface area contributed by atoms with Crippen molar-refractivity contribution in [3.05, 3.63) is 12.0 Å². The standard InChI is InChI=1S/C12H20N6O2/c1-4-19-6-8(2)20-7-10-15-11(17-13)9-5-14-18(3)12(9)16-10/h5,8H,4,6-7,13H2,1-3H3,(H,15,16,17). The van der Waals surface area contributed by atoms with Gasteiger partial charge in [0, 0.05) is 13.7 Å². The summed E-state index contributed by atoms with van der Waals surface area (Å²) in [4.78, 5) is 8.74. The lowest BCUT2D eigenvalue weighted by atomic mass is 10.4. The molecule has 0 aliphatic heterocycles. The smallest absolute Gasteiger partial charge is 0.163 e. The normalized spacial score (nSPS) is 12.8. The average molecular weight is 280 g/mol. The van der Waals surface area contributed by atoms with Gasteiger partial charge in [0.15, 0.2) is 17.3 Å². The molecule has 0 saturated heterocycles. The van der Waals surface area contributed by atoms with Crippen molar-refractivity contribution in [3.8, 4) is 0 Å². The summed E-state index contributed by atoms with van der Waals surface area (Å²) >= 11 is 0. The second-order valence-electron chi connectivity index (χ2n) is 4.42. The molecule has 8 heteroatoms. The highest BCUT2D eigenvalue weighted by molar-refractivity contribution is 5.86. The van der Waals surface area contributed by atoms with Crippen LogP contribution in [0.3, 0.4) is 0 Å². The van der Waals surface area contributed by atoms with Gasteiger partial charge < -0.3 is 14.9 Å². The molecule has 0 bridgehead atoms. The summed E-state index contributed by atoms with van der Waals surface area (Å²) in [6, 6.07) is 0.